The number of carbonyl (C=O) groups is 1. The van der Waals surface area contributed by atoms with Gasteiger partial charge in [-0.2, -0.15) is 0 Å². The van der Waals surface area contributed by atoms with Gasteiger partial charge >= 0.3 is 0 Å². The summed E-state index contributed by atoms with van der Waals surface area (Å²) in [5.41, 5.74) is 5.15. The Morgan fingerprint density at radius 1 is 1.07 bits per heavy atom. The van der Waals surface area contributed by atoms with Crippen LogP contribution in [0.3, 0.4) is 0 Å². The van der Waals surface area contributed by atoms with Crippen molar-refractivity contribution in [2.45, 2.75) is 32.6 Å². The second-order valence-electron chi connectivity index (χ2n) is 11.1. The number of rotatable bonds is 12. The number of amides is 1. The monoisotopic (exact) mass is 582 g/mol. The van der Waals surface area contributed by atoms with E-state index in [4.69, 9.17) is 9.47 Å². The summed E-state index contributed by atoms with van der Waals surface area (Å²) < 4.78 is 27.1. The summed E-state index contributed by atoms with van der Waals surface area (Å²) in [5.74, 6) is 0.990. The van der Waals surface area contributed by atoms with Crippen LogP contribution in [0.4, 0.5) is 10.1 Å². The Morgan fingerprint density at radius 2 is 1.91 bits per heavy atom. The second-order valence-corrected chi connectivity index (χ2v) is 11.1. The molecule has 0 bridgehead atoms. The van der Waals surface area contributed by atoms with E-state index in [9.17, 15) is 4.79 Å². The van der Waals surface area contributed by atoms with Gasteiger partial charge in [-0.25, -0.2) is 4.39 Å². The first-order valence-electron chi connectivity index (χ1n) is 14.8. The molecule has 4 aromatic rings. The number of hydrogen-bond acceptors (Lipinski definition) is 6. The van der Waals surface area contributed by atoms with Crippen LogP contribution in [0, 0.1) is 18.7 Å². The molecular weight excluding hydrogens is 543 g/mol. The molecule has 2 heterocycles. The van der Waals surface area contributed by atoms with Gasteiger partial charge in [-0.15, -0.1) is 0 Å². The van der Waals surface area contributed by atoms with Crippen molar-refractivity contribution in [2.75, 3.05) is 38.7 Å². The molecular formula is C35H39FN4O3. The zero-order valence-electron chi connectivity index (χ0n) is 24.8. The maximum Gasteiger partial charge on any atom is 0.271 e. The minimum atomic E-state index is -0.408. The van der Waals surface area contributed by atoms with Crippen molar-refractivity contribution in [3.05, 3.63) is 107 Å². The molecule has 1 saturated heterocycles. The van der Waals surface area contributed by atoms with Gasteiger partial charge in [0.25, 0.3) is 5.91 Å². The van der Waals surface area contributed by atoms with Crippen LogP contribution in [0.1, 0.15) is 35.1 Å². The highest BCUT2D eigenvalue weighted by Crippen LogP contribution is 2.34. The van der Waals surface area contributed by atoms with Gasteiger partial charge in [-0.1, -0.05) is 42.5 Å². The first kappa shape index (κ1) is 30.0. The number of halogens is 1. The van der Waals surface area contributed by atoms with Crippen molar-refractivity contribution < 1.29 is 18.7 Å². The number of methoxy groups -OCH3 is 1. The summed E-state index contributed by atoms with van der Waals surface area (Å²) >= 11 is 0. The van der Waals surface area contributed by atoms with Gasteiger partial charge in [0.1, 0.15) is 5.82 Å². The number of carbonyl (C=O) groups excluding carboxylic acids is 1. The Kier molecular flexibility index (Phi) is 9.89. The highest BCUT2D eigenvalue weighted by atomic mass is 19.1. The van der Waals surface area contributed by atoms with Gasteiger partial charge in [0.2, 0.25) is 0 Å². The van der Waals surface area contributed by atoms with E-state index < -0.39 is 11.7 Å². The summed E-state index contributed by atoms with van der Waals surface area (Å²) in [6.07, 6.45) is 5.02. The number of aromatic nitrogens is 1. The number of nitrogens with zero attached hydrogens (tertiary/aromatic N) is 1. The number of nitrogens with one attached hydrogen (secondary N) is 3. The number of aryl methyl sites for hydroxylation is 1. The van der Waals surface area contributed by atoms with E-state index in [2.05, 4.69) is 39.6 Å². The lowest BCUT2D eigenvalue weighted by atomic mass is 9.99. The zero-order valence-corrected chi connectivity index (χ0v) is 24.8. The number of pyridine rings is 1. The molecule has 0 aliphatic carbocycles. The summed E-state index contributed by atoms with van der Waals surface area (Å²) in [6, 6.07) is 18.7. The highest BCUT2D eigenvalue weighted by molar-refractivity contribution is 6.02. The highest BCUT2D eigenvalue weighted by Gasteiger charge is 2.17. The molecule has 3 aromatic carbocycles. The standard InChI is InChI=1S/C35H39FN4O3/c1-23-5-4-6-25(17-23)11-15-38-24(2)35(41)40-29-8-7-28(31(36)19-29)18-27-12-16-39-32-21-34(33(42-3)20-30(27)32)43-22-26-9-13-37-14-10-26/h4-8,12,16-17,19-21,26,37-38H,2,9-11,13-15,18,22H2,1,3H3,(H,40,41). The summed E-state index contributed by atoms with van der Waals surface area (Å²) in [6.45, 7) is 9.11. The second kappa shape index (κ2) is 14.2. The number of ether oxygens (including phenoxy) is 2. The number of hydrogen-bond donors (Lipinski definition) is 3. The third-order valence-corrected chi connectivity index (χ3v) is 7.85. The number of piperidine rings is 1. The van der Waals surface area contributed by atoms with Crippen molar-refractivity contribution in [3.8, 4) is 11.5 Å². The third-order valence-electron chi connectivity index (χ3n) is 7.85. The topological polar surface area (TPSA) is 84.5 Å². The Balaban J connectivity index is 1.21. The van der Waals surface area contributed by atoms with Crippen molar-refractivity contribution in [3.63, 3.8) is 0 Å². The SMILES string of the molecule is C=C(NCCc1cccc(C)c1)C(=O)Nc1ccc(Cc2ccnc3cc(OCC4CCNCC4)c(OC)cc23)c(F)c1. The third kappa shape index (κ3) is 7.90. The number of benzene rings is 3. The summed E-state index contributed by atoms with van der Waals surface area (Å²) in [7, 11) is 1.62. The van der Waals surface area contributed by atoms with Gasteiger partial charge in [0, 0.05) is 36.3 Å². The number of fused-ring (bicyclic) bond motifs is 1. The number of anilines is 1. The molecule has 224 valence electrons. The molecule has 8 heteroatoms. The lowest BCUT2D eigenvalue weighted by molar-refractivity contribution is -0.113. The van der Waals surface area contributed by atoms with Crippen LogP contribution >= 0.6 is 0 Å². The average Bonchev–Trinajstić information content (AvgIpc) is 3.01. The van der Waals surface area contributed by atoms with E-state index >= 15 is 4.39 Å². The molecule has 43 heavy (non-hydrogen) atoms. The van der Waals surface area contributed by atoms with E-state index in [-0.39, 0.29) is 5.70 Å². The van der Waals surface area contributed by atoms with Crippen molar-refractivity contribution in [1.82, 2.24) is 15.6 Å². The van der Waals surface area contributed by atoms with Crippen LogP contribution in [0.25, 0.3) is 10.9 Å². The van der Waals surface area contributed by atoms with Crippen molar-refractivity contribution in [2.24, 2.45) is 5.92 Å². The first-order valence-corrected chi connectivity index (χ1v) is 14.8. The Hall–Kier alpha value is -4.43. The summed E-state index contributed by atoms with van der Waals surface area (Å²) in [5, 5.41) is 10.0. The fraction of sp³-hybridized carbons (Fsp3) is 0.314. The fourth-order valence-corrected chi connectivity index (χ4v) is 5.38. The Bertz CT molecular complexity index is 1600. The van der Waals surface area contributed by atoms with E-state index in [1.54, 1.807) is 25.4 Å². The van der Waals surface area contributed by atoms with Gasteiger partial charge in [0.15, 0.2) is 11.5 Å². The Morgan fingerprint density at radius 3 is 2.67 bits per heavy atom. The molecule has 1 amide bonds. The molecule has 0 atom stereocenters. The van der Waals surface area contributed by atoms with Gasteiger partial charge in [-0.05, 0) is 86.1 Å². The van der Waals surface area contributed by atoms with E-state index in [1.165, 1.54) is 17.2 Å². The van der Waals surface area contributed by atoms with Crippen LogP contribution in [0.15, 0.2) is 79.1 Å². The first-order chi connectivity index (χ1) is 20.9. The minimum absolute atomic E-state index is 0.230. The molecule has 5 rings (SSSR count). The predicted octanol–water partition coefficient (Wildman–Crippen LogP) is 5.94. The van der Waals surface area contributed by atoms with Gasteiger partial charge in [0.05, 0.1) is 24.9 Å². The minimum Gasteiger partial charge on any atom is -0.493 e. The normalized spacial score (nSPS) is 13.5. The van der Waals surface area contributed by atoms with Gasteiger partial charge in [-0.3, -0.25) is 9.78 Å². The molecule has 0 spiro atoms. The van der Waals surface area contributed by atoms with Crippen LogP contribution < -0.4 is 25.4 Å². The van der Waals surface area contributed by atoms with Crippen LogP contribution in [0.2, 0.25) is 0 Å². The van der Waals surface area contributed by atoms with Gasteiger partial charge < -0.3 is 25.4 Å². The predicted molar refractivity (Wildman–Crippen MR) is 169 cm³/mol. The Labute approximate surface area is 252 Å². The molecule has 1 aliphatic heterocycles. The van der Waals surface area contributed by atoms with Crippen LogP contribution in [-0.2, 0) is 17.6 Å². The lowest BCUT2D eigenvalue weighted by Crippen LogP contribution is -2.30. The zero-order chi connectivity index (χ0) is 30.2. The van der Waals surface area contributed by atoms with Crippen molar-refractivity contribution >= 4 is 22.5 Å². The van der Waals surface area contributed by atoms with Crippen molar-refractivity contribution in [1.29, 1.82) is 0 Å². The molecule has 0 unspecified atom stereocenters. The molecule has 0 saturated carbocycles. The maximum absolute atomic E-state index is 15.2. The maximum atomic E-state index is 15.2. The molecule has 1 fully saturated rings. The lowest BCUT2D eigenvalue weighted by Gasteiger charge is -2.23. The quantitative estimate of drug-likeness (QED) is 0.179. The summed E-state index contributed by atoms with van der Waals surface area (Å²) in [4.78, 5) is 17.2. The van der Waals surface area contributed by atoms with E-state index in [1.807, 2.05) is 37.3 Å². The fourth-order valence-electron chi connectivity index (χ4n) is 5.38. The molecule has 3 N–H and O–H groups in total. The molecule has 0 radical (unpaired) electrons. The van der Waals surface area contributed by atoms with E-state index in [0.29, 0.717) is 48.2 Å². The van der Waals surface area contributed by atoms with E-state index in [0.717, 1.165) is 48.8 Å². The molecule has 7 nitrogen and oxygen atoms in total. The van der Waals surface area contributed by atoms with Crippen LogP contribution in [-0.4, -0.2) is 44.2 Å². The van der Waals surface area contributed by atoms with Crippen LogP contribution in [0.5, 0.6) is 11.5 Å². The molecule has 1 aromatic heterocycles. The molecule has 1 aliphatic rings. The smallest absolute Gasteiger partial charge is 0.271 e. The largest absolute Gasteiger partial charge is 0.493 e. The average molecular weight is 583 g/mol.